The van der Waals surface area contributed by atoms with E-state index in [1.807, 2.05) is 33.8 Å². The average molecular weight is 597 g/mol. The summed E-state index contributed by atoms with van der Waals surface area (Å²) in [7, 11) is -3.25. The Morgan fingerprint density at radius 1 is 1.02 bits per heavy atom. The fourth-order valence-electron chi connectivity index (χ4n) is 5.31. The molecule has 0 fully saturated rings. The maximum absolute atomic E-state index is 12.7. The summed E-state index contributed by atoms with van der Waals surface area (Å²) in [5.74, 6) is -1.37. The van der Waals surface area contributed by atoms with Crippen molar-refractivity contribution < 1.29 is 38.8 Å². The Morgan fingerprint density at radius 3 is 2.34 bits per heavy atom. The van der Waals surface area contributed by atoms with E-state index in [4.69, 9.17) is 9.26 Å². The maximum atomic E-state index is 12.7. The van der Waals surface area contributed by atoms with Crippen molar-refractivity contribution in [3.63, 3.8) is 0 Å². The van der Waals surface area contributed by atoms with Crippen molar-refractivity contribution in [2.75, 3.05) is 0 Å². The Hall–Kier alpha value is -1.80. The number of ether oxygens (including phenoxy) is 1. The number of cyclic esters (lactones) is 1. The highest BCUT2D eigenvalue weighted by Gasteiger charge is 2.31. The van der Waals surface area contributed by atoms with Gasteiger partial charge < -0.3 is 29.5 Å². The minimum atomic E-state index is -3.25. The molecular weight excluding hydrogens is 543 g/mol. The Morgan fingerprint density at radius 2 is 1.71 bits per heavy atom. The molecule has 41 heavy (non-hydrogen) atoms. The minimum absolute atomic E-state index is 0.0139. The van der Waals surface area contributed by atoms with Gasteiger partial charge in [0.15, 0.2) is 0 Å². The van der Waals surface area contributed by atoms with Crippen LogP contribution in [-0.4, -0.2) is 56.7 Å². The number of hydrogen-bond donors (Lipinski definition) is 4. The highest BCUT2D eigenvalue weighted by molar-refractivity contribution is 7.32. The first kappa shape index (κ1) is 37.2. The molecule has 1 aliphatic heterocycles. The number of rotatable bonds is 5. The molecule has 4 N–H and O–H groups in total. The summed E-state index contributed by atoms with van der Waals surface area (Å²) in [5.41, 5.74) is 0. The van der Waals surface area contributed by atoms with Gasteiger partial charge in [-0.15, -0.1) is 0 Å². The molecule has 0 aromatic heterocycles. The third-order valence-electron chi connectivity index (χ3n) is 8.00. The standard InChI is InChI=1S/C32H53O8P/c1-8-9-12-24(5)32-26(7)28(34)18-15-21(2)19-25(6)31(36)23(4)16-17-27(33)20-29(40-41(37)38)22(3)13-10-11-14-30(35)39-32/h8-14,16-17,21-29,31-34,36,41H,1,15,18-20H2,2-7H3,(H,37,38)/b12-9-,13-10+,14-11-,17-16-/t21-,22+,23-,24-,25-,26-,27+,28+,29-,31-,32-/m0/s1. The van der Waals surface area contributed by atoms with Gasteiger partial charge >= 0.3 is 14.2 Å². The Balaban J connectivity index is 3.29. The Labute approximate surface area is 247 Å². The highest BCUT2D eigenvalue weighted by Crippen LogP contribution is 2.29. The first-order chi connectivity index (χ1) is 19.3. The van der Waals surface area contributed by atoms with Crippen LogP contribution < -0.4 is 0 Å². The number of allylic oxidation sites excluding steroid dienone is 4. The zero-order valence-corrected chi connectivity index (χ0v) is 26.5. The van der Waals surface area contributed by atoms with Gasteiger partial charge in [-0.25, -0.2) is 4.79 Å². The van der Waals surface area contributed by atoms with E-state index in [2.05, 4.69) is 13.5 Å². The van der Waals surface area contributed by atoms with Crippen molar-refractivity contribution in [3.8, 4) is 0 Å². The predicted molar refractivity (Wildman–Crippen MR) is 164 cm³/mol. The largest absolute Gasteiger partial charge is 0.458 e. The molecule has 0 aliphatic carbocycles. The zero-order chi connectivity index (χ0) is 31.1. The Kier molecular flexibility index (Phi) is 17.6. The van der Waals surface area contributed by atoms with E-state index in [1.165, 1.54) is 12.2 Å². The molecule has 1 unspecified atom stereocenters. The van der Waals surface area contributed by atoms with Crippen LogP contribution in [0.25, 0.3) is 0 Å². The third-order valence-corrected chi connectivity index (χ3v) is 8.51. The van der Waals surface area contributed by atoms with Crippen molar-refractivity contribution in [2.24, 2.45) is 35.5 Å². The average Bonchev–Trinajstić information content (AvgIpc) is 2.92. The summed E-state index contributed by atoms with van der Waals surface area (Å²) < 4.78 is 22.5. The van der Waals surface area contributed by atoms with Crippen LogP contribution in [0.3, 0.4) is 0 Å². The quantitative estimate of drug-likeness (QED) is 0.141. The van der Waals surface area contributed by atoms with Gasteiger partial charge in [-0.3, -0.25) is 4.57 Å². The summed E-state index contributed by atoms with van der Waals surface area (Å²) in [4.78, 5) is 22.1. The highest BCUT2D eigenvalue weighted by atomic mass is 31.1. The van der Waals surface area contributed by atoms with E-state index in [0.717, 1.165) is 12.8 Å². The minimum Gasteiger partial charge on any atom is -0.458 e. The maximum Gasteiger partial charge on any atom is 0.331 e. The van der Waals surface area contributed by atoms with Gasteiger partial charge in [0.2, 0.25) is 0 Å². The van der Waals surface area contributed by atoms with Gasteiger partial charge in [0, 0.05) is 36.2 Å². The van der Waals surface area contributed by atoms with Crippen LogP contribution in [0, 0.1) is 35.5 Å². The number of carbonyl (C=O) groups excluding carboxylic acids is 1. The molecule has 0 saturated carbocycles. The van der Waals surface area contributed by atoms with Gasteiger partial charge in [-0.2, -0.15) is 0 Å². The van der Waals surface area contributed by atoms with Gasteiger partial charge in [0.25, 0.3) is 0 Å². The van der Waals surface area contributed by atoms with Crippen molar-refractivity contribution in [2.45, 2.75) is 97.7 Å². The second kappa shape index (κ2) is 19.4. The molecule has 9 heteroatoms. The van der Waals surface area contributed by atoms with Crippen LogP contribution in [-0.2, 0) is 18.6 Å². The number of carbonyl (C=O) groups is 1. The van der Waals surface area contributed by atoms with Crippen molar-refractivity contribution in [1.82, 2.24) is 0 Å². The molecule has 0 radical (unpaired) electrons. The normalized spacial score (nSPS) is 39.4. The molecule has 1 aliphatic rings. The van der Waals surface area contributed by atoms with Crippen LogP contribution in [0.4, 0.5) is 0 Å². The van der Waals surface area contributed by atoms with Crippen LogP contribution in [0.5, 0.6) is 0 Å². The van der Waals surface area contributed by atoms with Crippen LogP contribution >= 0.6 is 8.25 Å². The molecule has 8 nitrogen and oxygen atoms in total. The van der Waals surface area contributed by atoms with Crippen LogP contribution in [0.15, 0.2) is 61.3 Å². The molecular formula is C32H53O8P. The molecule has 1 heterocycles. The third kappa shape index (κ3) is 14.3. The van der Waals surface area contributed by atoms with E-state index in [0.29, 0.717) is 6.42 Å². The fourth-order valence-corrected chi connectivity index (χ4v) is 5.88. The summed E-state index contributed by atoms with van der Waals surface area (Å²) >= 11 is 0. The molecule has 0 spiro atoms. The molecule has 0 aromatic rings. The fraction of sp³-hybridized carbons (Fsp3) is 0.656. The molecule has 0 aromatic carbocycles. The number of aliphatic hydroxyl groups excluding tert-OH is 3. The van der Waals surface area contributed by atoms with E-state index in [1.54, 1.807) is 43.4 Å². The van der Waals surface area contributed by atoms with Gasteiger partial charge in [-0.1, -0.05) is 96.7 Å². The van der Waals surface area contributed by atoms with Crippen molar-refractivity contribution >= 4 is 14.2 Å². The zero-order valence-electron chi connectivity index (χ0n) is 25.5. The van der Waals surface area contributed by atoms with E-state index < -0.39 is 44.7 Å². The SMILES string of the molecule is C=C/C=C\[C@H](C)[C@@H]1OC(=O)/C=C\C=C\[C@@H](C)[C@@H](O[PH](=O)O)C[C@H](O)/C=C\[C@H](C)[C@H](O)[C@@H](C)C[C@@H](C)CC[C@@H](O)[C@@H]1C. The molecule has 0 saturated heterocycles. The molecule has 1 rings (SSSR count). The van der Waals surface area contributed by atoms with Crippen LogP contribution in [0.2, 0.25) is 0 Å². The number of hydrogen-bond acceptors (Lipinski definition) is 7. The lowest BCUT2D eigenvalue weighted by Gasteiger charge is -2.31. The van der Waals surface area contributed by atoms with E-state index in [9.17, 15) is 29.6 Å². The molecule has 0 amide bonds. The number of esters is 1. The van der Waals surface area contributed by atoms with E-state index in [-0.39, 0.29) is 41.9 Å². The second-order valence-corrected chi connectivity index (χ2v) is 12.5. The van der Waals surface area contributed by atoms with Gasteiger partial charge in [0.1, 0.15) is 6.10 Å². The molecule has 12 atom stereocenters. The van der Waals surface area contributed by atoms with E-state index >= 15 is 0 Å². The second-order valence-electron chi connectivity index (χ2n) is 11.8. The lowest BCUT2D eigenvalue weighted by molar-refractivity contribution is -0.150. The Bertz CT molecular complexity index is 929. The molecule has 0 bridgehead atoms. The summed E-state index contributed by atoms with van der Waals surface area (Å²) in [6, 6.07) is 0. The lowest BCUT2D eigenvalue weighted by atomic mass is 9.82. The molecule has 234 valence electrons. The summed E-state index contributed by atoms with van der Waals surface area (Å²) in [6.07, 6.45) is 13.4. The van der Waals surface area contributed by atoms with Crippen LogP contribution in [0.1, 0.15) is 67.2 Å². The summed E-state index contributed by atoms with van der Waals surface area (Å²) in [5, 5.41) is 32.6. The van der Waals surface area contributed by atoms with Gasteiger partial charge in [-0.05, 0) is 31.1 Å². The van der Waals surface area contributed by atoms with Gasteiger partial charge in [0.05, 0.1) is 24.4 Å². The first-order valence-electron chi connectivity index (χ1n) is 14.7. The lowest BCUT2D eigenvalue weighted by Crippen LogP contribution is -2.37. The van der Waals surface area contributed by atoms with Crippen molar-refractivity contribution in [1.29, 1.82) is 0 Å². The topological polar surface area (TPSA) is 134 Å². The predicted octanol–water partition coefficient (Wildman–Crippen LogP) is 5.55. The van der Waals surface area contributed by atoms with Crippen molar-refractivity contribution in [3.05, 3.63) is 61.3 Å². The first-order valence-corrected chi connectivity index (χ1v) is 16.0. The summed E-state index contributed by atoms with van der Waals surface area (Å²) in [6.45, 7) is 15.3. The smallest absolute Gasteiger partial charge is 0.331 e. The number of aliphatic hydroxyl groups is 3. The monoisotopic (exact) mass is 596 g/mol.